The van der Waals surface area contributed by atoms with Gasteiger partial charge in [-0.3, -0.25) is 0 Å². The zero-order chi connectivity index (χ0) is 14.6. The van der Waals surface area contributed by atoms with Crippen molar-refractivity contribution in [3.05, 3.63) is 57.7 Å². The molecule has 0 heterocycles. The average Bonchev–Trinajstić information content (AvgIpc) is 2.37. The predicted octanol–water partition coefficient (Wildman–Crippen LogP) is 4.97. The Morgan fingerprint density at radius 2 is 1.70 bits per heavy atom. The molecular formula is C17H20INO. The molecule has 2 aromatic carbocycles. The Kier molecular flexibility index (Phi) is 5.05. The number of hydrogen-bond acceptors (Lipinski definition) is 2. The topological polar surface area (TPSA) is 21.3 Å². The molecule has 0 saturated carbocycles. The molecule has 20 heavy (non-hydrogen) atoms. The minimum Gasteiger partial charge on any atom is -0.457 e. The summed E-state index contributed by atoms with van der Waals surface area (Å²) in [7, 11) is 0. The zero-order valence-electron chi connectivity index (χ0n) is 12.1. The van der Waals surface area contributed by atoms with Gasteiger partial charge in [0.25, 0.3) is 0 Å². The fourth-order valence-corrected chi connectivity index (χ4v) is 2.22. The Morgan fingerprint density at radius 1 is 1.00 bits per heavy atom. The first kappa shape index (κ1) is 15.3. The molecular weight excluding hydrogens is 361 g/mol. The Bertz CT molecular complexity index is 558. The van der Waals surface area contributed by atoms with E-state index in [4.69, 9.17) is 4.74 Å². The highest BCUT2D eigenvalue weighted by Crippen LogP contribution is 2.23. The molecule has 0 saturated heterocycles. The highest BCUT2D eigenvalue weighted by Gasteiger charge is 2.08. The molecule has 0 unspecified atom stereocenters. The summed E-state index contributed by atoms with van der Waals surface area (Å²) in [5, 5.41) is 3.47. The summed E-state index contributed by atoms with van der Waals surface area (Å²) >= 11 is 2.28. The van der Waals surface area contributed by atoms with Gasteiger partial charge in [-0.25, -0.2) is 0 Å². The summed E-state index contributed by atoms with van der Waals surface area (Å²) < 4.78 is 7.01. The molecule has 0 aliphatic carbocycles. The van der Waals surface area contributed by atoms with Gasteiger partial charge in [0.15, 0.2) is 0 Å². The number of benzene rings is 2. The van der Waals surface area contributed by atoms with Crippen molar-refractivity contribution < 1.29 is 4.74 Å². The normalized spacial score (nSPS) is 11.4. The Balaban J connectivity index is 1.98. The molecule has 2 nitrogen and oxygen atoms in total. The van der Waals surface area contributed by atoms with Crippen molar-refractivity contribution in [1.29, 1.82) is 0 Å². The third kappa shape index (κ3) is 5.13. The predicted molar refractivity (Wildman–Crippen MR) is 92.3 cm³/mol. The van der Waals surface area contributed by atoms with Gasteiger partial charge in [-0.1, -0.05) is 18.2 Å². The van der Waals surface area contributed by atoms with Gasteiger partial charge in [0.05, 0.1) is 0 Å². The number of rotatable bonds is 4. The Hall–Kier alpha value is -1.07. The van der Waals surface area contributed by atoms with Crippen molar-refractivity contribution in [2.24, 2.45) is 0 Å². The lowest BCUT2D eigenvalue weighted by Gasteiger charge is -2.20. The SMILES string of the molecule is CC(C)(C)NCc1ccc(Oc2cccc(I)c2)cc1. The highest BCUT2D eigenvalue weighted by atomic mass is 127. The van der Waals surface area contributed by atoms with Crippen LogP contribution in [0.5, 0.6) is 11.5 Å². The first-order valence-electron chi connectivity index (χ1n) is 6.70. The molecule has 0 bridgehead atoms. The van der Waals surface area contributed by atoms with Crippen molar-refractivity contribution in [2.45, 2.75) is 32.9 Å². The van der Waals surface area contributed by atoms with Crippen LogP contribution in [-0.4, -0.2) is 5.54 Å². The maximum absolute atomic E-state index is 5.83. The molecule has 0 amide bonds. The maximum atomic E-state index is 5.83. The van der Waals surface area contributed by atoms with Crippen LogP contribution in [0.3, 0.4) is 0 Å². The maximum Gasteiger partial charge on any atom is 0.128 e. The first-order chi connectivity index (χ1) is 9.42. The van der Waals surface area contributed by atoms with E-state index in [1.807, 2.05) is 30.3 Å². The largest absolute Gasteiger partial charge is 0.457 e. The molecule has 0 aliphatic rings. The van der Waals surface area contributed by atoms with E-state index in [9.17, 15) is 0 Å². The second kappa shape index (κ2) is 6.59. The van der Waals surface area contributed by atoms with Gasteiger partial charge < -0.3 is 10.1 Å². The van der Waals surface area contributed by atoms with E-state index < -0.39 is 0 Å². The van der Waals surface area contributed by atoms with Gasteiger partial charge >= 0.3 is 0 Å². The second-order valence-electron chi connectivity index (χ2n) is 5.81. The Labute approximate surface area is 134 Å². The first-order valence-corrected chi connectivity index (χ1v) is 7.78. The van der Waals surface area contributed by atoms with E-state index in [-0.39, 0.29) is 5.54 Å². The van der Waals surface area contributed by atoms with Crippen molar-refractivity contribution >= 4 is 22.6 Å². The number of hydrogen-bond donors (Lipinski definition) is 1. The Morgan fingerprint density at radius 3 is 2.30 bits per heavy atom. The molecule has 0 spiro atoms. The van der Waals surface area contributed by atoms with Crippen LogP contribution in [0.2, 0.25) is 0 Å². The van der Waals surface area contributed by atoms with Gasteiger partial charge in [0.2, 0.25) is 0 Å². The lowest BCUT2D eigenvalue weighted by atomic mass is 10.1. The van der Waals surface area contributed by atoms with Crippen LogP contribution in [0.25, 0.3) is 0 Å². The third-order valence-electron chi connectivity index (χ3n) is 2.78. The smallest absolute Gasteiger partial charge is 0.128 e. The van der Waals surface area contributed by atoms with E-state index in [0.29, 0.717) is 0 Å². The van der Waals surface area contributed by atoms with E-state index in [0.717, 1.165) is 18.0 Å². The van der Waals surface area contributed by atoms with Gasteiger partial charge in [-0.2, -0.15) is 0 Å². The van der Waals surface area contributed by atoms with Crippen LogP contribution in [0, 0.1) is 3.57 Å². The van der Waals surface area contributed by atoms with Crippen LogP contribution in [0.15, 0.2) is 48.5 Å². The molecule has 0 fully saturated rings. The standard InChI is InChI=1S/C17H20INO/c1-17(2,3)19-12-13-7-9-15(10-8-13)20-16-6-4-5-14(18)11-16/h4-11,19H,12H2,1-3H3. The van der Waals surface area contributed by atoms with E-state index in [1.54, 1.807) is 0 Å². The van der Waals surface area contributed by atoms with Crippen LogP contribution < -0.4 is 10.1 Å². The number of nitrogens with one attached hydrogen (secondary N) is 1. The summed E-state index contributed by atoms with van der Waals surface area (Å²) in [6.45, 7) is 7.37. The minimum absolute atomic E-state index is 0.135. The summed E-state index contributed by atoms with van der Waals surface area (Å²) in [5.41, 5.74) is 1.39. The molecule has 0 atom stereocenters. The number of ether oxygens (including phenoxy) is 1. The van der Waals surface area contributed by atoms with Crippen LogP contribution in [-0.2, 0) is 6.54 Å². The average molecular weight is 381 g/mol. The molecule has 0 radical (unpaired) electrons. The fourth-order valence-electron chi connectivity index (χ4n) is 1.71. The van der Waals surface area contributed by atoms with E-state index >= 15 is 0 Å². The lowest BCUT2D eigenvalue weighted by molar-refractivity contribution is 0.424. The van der Waals surface area contributed by atoms with Crippen molar-refractivity contribution in [2.75, 3.05) is 0 Å². The molecule has 2 aromatic rings. The molecule has 0 aromatic heterocycles. The summed E-state index contributed by atoms with van der Waals surface area (Å²) in [4.78, 5) is 0. The van der Waals surface area contributed by atoms with Crippen LogP contribution in [0.1, 0.15) is 26.3 Å². The summed E-state index contributed by atoms with van der Waals surface area (Å²) in [6.07, 6.45) is 0. The monoisotopic (exact) mass is 381 g/mol. The van der Waals surface area contributed by atoms with Crippen LogP contribution >= 0.6 is 22.6 Å². The van der Waals surface area contributed by atoms with Crippen molar-refractivity contribution in [1.82, 2.24) is 5.32 Å². The molecule has 3 heteroatoms. The minimum atomic E-state index is 0.135. The zero-order valence-corrected chi connectivity index (χ0v) is 14.3. The molecule has 2 rings (SSSR count). The van der Waals surface area contributed by atoms with Crippen molar-refractivity contribution in [3.63, 3.8) is 0 Å². The number of halogens is 1. The highest BCUT2D eigenvalue weighted by molar-refractivity contribution is 14.1. The molecule has 1 N–H and O–H groups in total. The molecule has 0 aliphatic heterocycles. The second-order valence-corrected chi connectivity index (χ2v) is 7.05. The van der Waals surface area contributed by atoms with E-state index in [1.165, 1.54) is 9.13 Å². The van der Waals surface area contributed by atoms with Gasteiger partial charge in [-0.05, 0) is 79.3 Å². The summed E-state index contributed by atoms with van der Waals surface area (Å²) in [6, 6.07) is 16.3. The van der Waals surface area contributed by atoms with E-state index in [2.05, 4.69) is 66.9 Å². The van der Waals surface area contributed by atoms with Gasteiger partial charge in [0.1, 0.15) is 11.5 Å². The van der Waals surface area contributed by atoms with Crippen molar-refractivity contribution in [3.8, 4) is 11.5 Å². The lowest BCUT2D eigenvalue weighted by Crippen LogP contribution is -2.34. The third-order valence-corrected chi connectivity index (χ3v) is 3.45. The quantitative estimate of drug-likeness (QED) is 0.755. The van der Waals surface area contributed by atoms with Gasteiger partial charge in [0, 0.05) is 15.7 Å². The van der Waals surface area contributed by atoms with Gasteiger partial charge in [-0.15, -0.1) is 0 Å². The molecule has 106 valence electrons. The fraction of sp³-hybridized carbons (Fsp3) is 0.294. The van der Waals surface area contributed by atoms with Crippen LogP contribution in [0.4, 0.5) is 0 Å². The summed E-state index contributed by atoms with van der Waals surface area (Å²) in [5.74, 6) is 1.74.